The highest BCUT2D eigenvalue weighted by Crippen LogP contribution is 2.25. The van der Waals surface area contributed by atoms with Gasteiger partial charge in [0.2, 0.25) is 0 Å². The Labute approximate surface area is 193 Å². The summed E-state index contributed by atoms with van der Waals surface area (Å²) in [5.41, 5.74) is 5.55. The maximum Gasteiger partial charge on any atom is 0.119 e. The smallest absolute Gasteiger partial charge is 0.119 e. The molecule has 0 unspecified atom stereocenters. The molecule has 4 aromatic rings. The fraction of sp³-hybridized carbons (Fsp3) is 0.103. The van der Waals surface area contributed by atoms with Crippen molar-refractivity contribution in [2.24, 2.45) is 0 Å². The van der Waals surface area contributed by atoms with Crippen LogP contribution in [-0.2, 0) is 0 Å². The van der Waals surface area contributed by atoms with Gasteiger partial charge in [-0.2, -0.15) is 10.5 Å². The second kappa shape index (κ2) is 10.7. The molecule has 0 aliphatic carbocycles. The van der Waals surface area contributed by atoms with Gasteiger partial charge in [-0.15, -0.1) is 0 Å². The zero-order chi connectivity index (χ0) is 22.9. The molecule has 0 heterocycles. The van der Waals surface area contributed by atoms with Gasteiger partial charge in [0, 0.05) is 6.42 Å². The van der Waals surface area contributed by atoms with Crippen LogP contribution in [0, 0.1) is 22.7 Å². The summed E-state index contributed by atoms with van der Waals surface area (Å²) in [6.45, 7) is 1.12. The summed E-state index contributed by atoms with van der Waals surface area (Å²) < 4.78 is 11.7. The van der Waals surface area contributed by atoms with Crippen LogP contribution in [0.1, 0.15) is 17.5 Å². The van der Waals surface area contributed by atoms with Gasteiger partial charge in [0.15, 0.2) is 0 Å². The molecule has 4 nitrogen and oxygen atoms in total. The van der Waals surface area contributed by atoms with Crippen LogP contribution in [0.4, 0.5) is 0 Å². The number of nitriles is 2. The van der Waals surface area contributed by atoms with Crippen LogP contribution in [-0.4, -0.2) is 13.2 Å². The summed E-state index contributed by atoms with van der Waals surface area (Å²) in [7, 11) is 0. The normalized spacial score (nSPS) is 10.1. The van der Waals surface area contributed by atoms with Gasteiger partial charge in [0.05, 0.1) is 36.5 Å². The molecule has 33 heavy (non-hydrogen) atoms. The van der Waals surface area contributed by atoms with Crippen molar-refractivity contribution < 1.29 is 9.47 Å². The molecule has 0 aromatic heterocycles. The van der Waals surface area contributed by atoms with Crippen molar-refractivity contribution >= 4 is 0 Å². The van der Waals surface area contributed by atoms with Crippen LogP contribution in [0.2, 0.25) is 0 Å². The summed E-state index contributed by atoms with van der Waals surface area (Å²) in [5, 5.41) is 17.9. The Hall–Kier alpha value is -4.54. The zero-order valence-electron chi connectivity index (χ0n) is 18.1. The van der Waals surface area contributed by atoms with Crippen LogP contribution in [0.25, 0.3) is 22.3 Å². The molecule has 0 spiro atoms. The second-order valence-electron chi connectivity index (χ2n) is 7.48. The topological polar surface area (TPSA) is 66.0 Å². The lowest BCUT2D eigenvalue weighted by atomic mass is 10.0. The van der Waals surface area contributed by atoms with E-state index < -0.39 is 0 Å². The number of rotatable bonds is 8. The Morgan fingerprint density at radius 3 is 1.55 bits per heavy atom. The average molecular weight is 431 g/mol. The first-order chi connectivity index (χ1) is 16.2. The van der Waals surface area contributed by atoms with E-state index in [1.54, 1.807) is 0 Å². The molecule has 4 aromatic carbocycles. The molecular weight excluding hydrogens is 408 g/mol. The van der Waals surface area contributed by atoms with Crippen molar-refractivity contribution in [1.29, 1.82) is 10.5 Å². The van der Waals surface area contributed by atoms with Crippen molar-refractivity contribution in [3.63, 3.8) is 0 Å². The fourth-order valence-corrected chi connectivity index (χ4v) is 3.42. The molecule has 160 valence electrons. The van der Waals surface area contributed by atoms with E-state index in [-0.39, 0.29) is 0 Å². The third-order valence-electron chi connectivity index (χ3n) is 5.21. The van der Waals surface area contributed by atoms with E-state index in [1.807, 2.05) is 97.1 Å². The Kier molecular flexibility index (Phi) is 7.01. The lowest BCUT2D eigenvalue weighted by Crippen LogP contribution is -2.05. The van der Waals surface area contributed by atoms with E-state index in [1.165, 1.54) is 0 Å². The summed E-state index contributed by atoms with van der Waals surface area (Å²) in [5.74, 6) is 1.62. The maximum absolute atomic E-state index is 8.94. The molecule has 0 amide bonds. The lowest BCUT2D eigenvalue weighted by Gasteiger charge is -2.10. The van der Waals surface area contributed by atoms with E-state index in [2.05, 4.69) is 12.1 Å². The molecule has 4 heteroatoms. The molecule has 0 bridgehead atoms. The third kappa shape index (κ3) is 5.79. The SMILES string of the molecule is N#Cc1ccc(-c2ccc(OCCCOc3cccc(-c4ccc(C#N)cc4)c3)cc2)cc1. The van der Waals surface area contributed by atoms with Crippen molar-refractivity contribution in [2.45, 2.75) is 6.42 Å². The standard InChI is InChI=1S/C29H22N2O2/c30-20-22-5-9-24(10-6-22)25-13-15-28(16-14-25)32-17-2-18-33-29-4-1-3-27(19-29)26-11-7-23(21-31)8-12-26/h1,3-16,19H,2,17-18H2. The highest BCUT2D eigenvalue weighted by Gasteiger charge is 2.02. The molecule has 0 fully saturated rings. The first kappa shape index (κ1) is 21.7. The highest BCUT2D eigenvalue weighted by molar-refractivity contribution is 5.66. The van der Waals surface area contributed by atoms with Crippen molar-refractivity contribution in [1.82, 2.24) is 0 Å². The van der Waals surface area contributed by atoms with Crippen LogP contribution in [0.15, 0.2) is 97.1 Å². The summed E-state index contributed by atoms with van der Waals surface area (Å²) in [6.07, 6.45) is 0.762. The van der Waals surface area contributed by atoms with Gasteiger partial charge in [-0.05, 0) is 70.8 Å². The average Bonchev–Trinajstić information content (AvgIpc) is 2.89. The van der Waals surface area contributed by atoms with E-state index in [9.17, 15) is 0 Å². The van der Waals surface area contributed by atoms with Crippen molar-refractivity contribution in [3.05, 3.63) is 108 Å². The van der Waals surface area contributed by atoms with Gasteiger partial charge in [-0.1, -0.05) is 48.5 Å². The van der Waals surface area contributed by atoms with Crippen LogP contribution < -0.4 is 9.47 Å². The predicted molar refractivity (Wildman–Crippen MR) is 129 cm³/mol. The van der Waals surface area contributed by atoms with Crippen molar-refractivity contribution in [3.8, 4) is 45.9 Å². The third-order valence-corrected chi connectivity index (χ3v) is 5.21. The Morgan fingerprint density at radius 2 is 1.00 bits per heavy atom. The van der Waals surface area contributed by atoms with Gasteiger partial charge < -0.3 is 9.47 Å². The molecule has 0 saturated carbocycles. The molecule has 0 radical (unpaired) electrons. The van der Waals surface area contributed by atoms with Crippen LogP contribution in [0.5, 0.6) is 11.5 Å². The van der Waals surface area contributed by atoms with Crippen LogP contribution in [0.3, 0.4) is 0 Å². The minimum Gasteiger partial charge on any atom is -0.493 e. The van der Waals surface area contributed by atoms with E-state index in [0.29, 0.717) is 24.3 Å². The second-order valence-corrected chi connectivity index (χ2v) is 7.48. The first-order valence-electron chi connectivity index (χ1n) is 10.7. The fourth-order valence-electron chi connectivity index (χ4n) is 3.42. The highest BCUT2D eigenvalue weighted by atomic mass is 16.5. The quantitative estimate of drug-likeness (QED) is 0.295. The molecule has 0 N–H and O–H groups in total. The van der Waals surface area contributed by atoms with Crippen LogP contribution >= 0.6 is 0 Å². The number of ether oxygens (including phenoxy) is 2. The Morgan fingerprint density at radius 1 is 0.515 bits per heavy atom. The van der Waals surface area contributed by atoms with Gasteiger partial charge in [-0.3, -0.25) is 0 Å². The Balaban J connectivity index is 1.24. The van der Waals surface area contributed by atoms with E-state index >= 15 is 0 Å². The predicted octanol–water partition coefficient (Wildman–Crippen LogP) is 6.61. The van der Waals surface area contributed by atoms with Gasteiger partial charge in [0.1, 0.15) is 11.5 Å². The molecule has 4 rings (SSSR count). The summed E-state index contributed by atoms with van der Waals surface area (Å²) in [4.78, 5) is 0. The molecule has 0 aliphatic rings. The summed E-state index contributed by atoms with van der Waals surface area (Å²) >= 11 is 0. The first-order valence-corrected chi connectivity index (χ1v) is 10.7. The minimum absolute atomic E-state index is 0.556. The number of nitrogens with zero attached hydrogens (tertiary/aromatic N) is 2. The lowest BCUT2D eigenvalue weighted by molar-refractivity contribution is 0.247. The molecule has 0 saturated heterocycles. The Bertz CT molecular complexity index is 1280. The monoisotopic (exact) mass is 430 g/mol. The van der Waals surface area contributed by atoms with E-state index in [0.717, 1.165) is 40.2 Å². The number of hydrogen-bond donors (Lipinski definition) is 0. The zero-order valence-corrected chi connectivity index (χ0v) is 18.1. The van der Waals surface area contributed by atoms with E-state index in [4.69, 9.17) is 20.0 Å². The number of hydrogen-bond acceptors (Lipinski definition) is 4. The largest absolute Gasteiger partial charge is 0.493 e. The van der Waals surface area contributed by atoms with Gasteiger partial charge in [-0.25, -0.2) is 0 Å². The summed E-state index contributed by atoms with van der Waals surface area (Å²) in [6, 6.07) is 35.2. The molecule has 0 aliphatic heterocycles. The molecular formula is C29H22N2O2. The van der Waals surface area contributed by atoms with Crippen molar-refractivity contribution in [2.75, 3.05) is 13.2 Å². The molecule has 0 atom stereocenters. The number of benzene rings is 4. The minimum atomic E-state index is 0.556. The van der Waals surface area contributed by atoms with Gasteiger partial charge >= 0.3 is 0 Å². The van der Waals surface area contributed by atoms with Gasteiger partial charge in [0.25, 0.3) is 0 Å². The maximum atomic E-state index is 8.94.